The molecule has 0 amide bonds. The third-order valence-electron chi connectivity index (χ3n) is 12.9. The lowest BCUT2D eigenvalue weighted by Crippen LogP contribution is -2.30. The van der Waals surface area contributed by atoms with Gasteiger partial charge in [-0.25, -0.2) is 0 Å². The summed E-state index contributed by atoms with van der Waals surface area (Å²) in [4.78, 5) is 37.9. The van der Waals surface area contributed by atoms with Crippen molar-refractivity contribution in [3.8, 4) is 0 Å². The molecule has 0 aromatic carbocycles. The van der Waals surface area contributed by atoms with Crippen LogP contribution >= 0.6 is 0 Å². The van der Waals surface area contributed by atoms with E-state index in [9.17, 15) is 14.4 Å². The minimum Gasteiger partial charge on any atom is -0.462 e. The molecule has 6 heteroatoms. The molecule has 3 atom stereocenters. The molecule has 0 bridgehead atoms. The number of hydrogen-bond donors (Lipinski definition) is 0. The zero-order valence-corrected chi connectivity index (χ0v) is 41.1. The van der Waals surface area contributed by atoms with Gasteiger partial charge in [-0.15, -0.1) is 0 Å². The summed E-state index contributed by atoms with van der Waals surface area (Å²) < 4.78 is 16.8. The molecule has 0 radical (unpaired) electrons. The second-order valence-corrected chi connectivity index (χ2v) is 19.0. The first kappa shape index (κ1) is 58.4. The molecular formula is C54H104O6. The van der Waals surface area contributed by atoms with Gasteiger partial charge in [0.25, 0.3) is 0 Å². The number of ether oxygens (including phenoxy) is 3. The first-order valence-corrected chi connectivity index (χ1v) is 26.8. The van der Waals surface area contributed by atoms with Crippen LogP contribution in [0.5, 0.6) is 0 Å². The molecule has 0 aliphatic rings. The summed E-state index contributed by atoms with van der Waals surface area (Å²) in [5, 5.41) is 0. The summed E-state index contributed by atoms with van der Waals surface area (Å²) in [7, 11) is 0. The van der Waals surface area contributed by atoms with Crippen LogP contribution in [0.2, 0.25) is 0 Å². The molecule has 0 saturated heterocycles. The van der Waals surface area contributed by atoms with Crippen molar-refractivity contribution in [1.82, 2.24) is 0 Å². The Hall–Kier alpha value is -1.59. The second-order valence-electron chi connectivity index (χ2n) is 19.0. The van der Waals surface area contributed by atoms with Gasteiger partial charge in [0, 0.05) is 19.3 Å². The molecule has 6 nitrogen and oxygen atoms in total. The zero-order valence-electron chi connectivity index (χ0n) is 41.1. The quantitative estimate of drug-likeness (QED) is 0.0345. The van der Waals surface area contributed by atoms with Crippen LogP contribution in [-0.2, 0) is 28.6 Å². The van der Waals surface area contributed by atoms with E-state index in [1.165, 1.54) is 186 Å². The van der Waals surface area contributed by atoms with Crippen molar-refractivity contribution in [3.05, 3.63) is 0 Å². The topological polar surface area (TPSA) is 78.9 Å². The van der Waals surface area contributed by atoms with E-state index in [0.29, 0.717) is 19.3 Å². The first-order chi connectivity index (χ1) is 29.3. The predicted octanol–water partition coefficient (Wildman–Crippen LogP) is 17.3. The maximum Gasteiger partial charge on any atom is 0.306 e. The highest BCUT2D eigenvalue weighted by molar-refractivity contribution is 5.71. The molecule has 0 heterocycles. The van der Waals surface area contributed by atoms with Gasteiger partial charge in [0.1, 0.15) is 13.2 Å². The van der Waals surface area contributed by atoms with Gasteiger partial charge in [0.15, 0.2) is 6.10 Å². The van der Waals surface area contributed by atoms with Crippen molar-refractivity contribution in [2.24, 2.45) is 11.8 Å². The Morgan fingerprint density at radius 3 is 0.867 bits per heavy atom. The van der Waals surface area contributed by atoms with Crippen molar-refractivity contribution in [2.45, 2.75) is 304 Å². The molecule has 356 valence electrons. The SMILES string of the molecule is CCCCCCCCCCCCC(=O)OC[C@H](COC(=O)CCCCCCCCC(C)CC)OC(=O)CCCCCCCCCCCCCCCCCCCCC(C)CC. The van der Waals surface area contributed by atoms with Crippen LogP contribution in [0, 0.1) is 11.8 Å². The third-order valence-corrected chi connectivity index (χ3v) is 12.9. The Labute approximate surface area is 374 Å². The molecule has 0 spiro atoms. The average Bonchev–Trinajstić information content (AvgIpc) is 3.25. The fourth-order valence-corrected chi connectivity index (χ4v) is 8.10. The number of unbranched alkanes of at least 4 members (excludes halogenated alkanes) is 31. The van der Waals surface area contributed by atoms with Crippen molar-refractivity contribution in [3.63, 3.8) is 0 Å². The molecule has 0 fully saturated rings. The Morgan fingerprint density at radius 2 is 0.583 bits per heavy atom. The summed E-state index contributed by atoms with van der Waals surface area (Å²) in [6.45, 7) is 11.4. The van der Waals surface area contributed by atoms with Crippen molar-refractivity contribution >= 4 is 17.9 Å². The van der Waals surface area contributed by atoms with Crippen LogP contribution in [0.3, 0.4) is 0 Å². The molecule has 0 N–H and O–H groups in total. The summed E-state index contributed by atoms with van der Waals surface area (Å²) >= 11 is 0. The molecule has 0 aromatic heterocycles. The maximum absolute atomic E-state index is 12.8. The average molecular weight is 849 g/mol. The molecule has 0 rings (SSSR count). The second kappa shape index (κ2) is 46.9. The summed E-state index contributed by atoms with van der Waals surface area (Å²) in [5.41, 5.74) is 0. The monoisotopic (exact) mass is 849 g/mol. The van der Waals surface area contributed by atoms with Gasteiger partial charge >= 0.3 is 17.9 Å². The number of carbonyl (C=O) groups is 3. The first-order valence-electron chi connectivity index (χ1n) is 26.8. The van der Waals surface area contributed by atoms with Gasteiger partial charge in [-0.05, 0) is 31.1 Å². The van der Waals surface area contributed by atoms with Crippen LogP contribution in [0.1, 0.15) is 298 Å². The minimum absolute atomic E-state index is 0.0644. The standard InChI is InChI=1S/C54H104O6/c1-6-9-10-11-12-13-25-28-34-39-44-52(55)58-47-51(48-59-53(56)45-40-35-31-30-33-38-43-50(5)8-3)60-54(57)46-41-36-29-26-23-21-19-17-15-14-16-18-20-22-24-27-32-37-42-49(4)7-2/h49-51H,6-48H2,1-5H3/t49?,50?,51-/m1/s1. The summed E-state index contributed by atoms with van der Waals surface area (Å²) in [6, 6.07) is 0. The van der Waals surface area contributed by atoms with E-state index >= 15 is 0 Å². The number of carbonyl (C=O) groups excluding carboxylic acids is 3. The fourth-order valence-electron chi connectivity index (χ4n) is 8.10. The highest BCUT2D eigenvalue weighted by atomic mass is 16.6. The van der Waals surface area contributed by atoms with Crippen molar-refractivity contribution in [2.75, 3.05) is 13.2 Å². The normalized spacial score (nSPS) is 12.9. The van der Waals surface area contributed by atoms with Crippen LogP contribution in [0.25, 0.3) is 0 Å². The molecule has 2 unspecified atom stereocenters. The Morgan fingerprint density at radius 1 is 0.333 bits per heavy atom. The van der Waals surface area contributed by atoms with Gasteiger partial charge < -0.3 is 14.2 Å². The number of hydrogen-bond acceptors (Lipinski definition) is 6. The van der Waals surface area contributed by atoms with Crippen molar-refractivity contribution < 1.29 is 28.6 Å². The van der Waals surface area contributed by atoms with E-state index in [4.69, 9.17) is 14.2 Å². The molecule has 0 aliphatic heterocycles. The Balaban J connectivity index is 4.19. The predicted molar refractivity (Wildman–Crippen MR) is 256 cm³/mol. The van der Waals surface area contributed by atoms with Gasteiger partial charge in [0.2, 0.25) is 0 Å². The lowest BCUT2D eigenvalue weighted by atomic mass is 9.99. The van der Waals surface area contributed by atoms with Crippen LogP contribution < -0.4 is 0 Å². The smallest absolute Gasteiger partial charge is 0.306 e. The van der Waals surface area contributed by atoms with Gasteiger partial charge in [-0.2, -0.15) is 0 Å². The fraction of sp³-hybridized carbons (Fsp3) is 0.944. The Kier molecular flexibility index (Phi) is 45.7. The third kappa shape index (κ3) is 44.5. The molecule has 0 aromatic rings. The lowest BCUT2D eigenvalue weighted by Gasteiger charge is -2.18. The van der Waals surface area contributed by atoms with Gasteiger partial charge in [0.05, 0.1) is 0 Å². The summed E-state index contributed by atoms with van der Waals surface area (Å²) in [5.74, 6) is 0.872. The van der Waals surface area contributed by atoms with E-state index in [0.717, 1.165) is 69.6 Å². The van der Waals surface area contributed by atoms with Crippen molar-refractivity contribution in [1.29, 1.82) is 0 Å². The Bertz CT molecular complexity index is 920. The summed E-state index contributed by atoms with van der Waals surface area (Å²) in [6.07, 6.45) is 48.1. The van der Waals surface area contributed by atoms with Gasteiger partial charge in [-0.1, -0.05) is 259 Å². The van der Waals surface area contributed by atoms with E-state index < -0.39 is 6.10 Å². The molecule has 60 heavy (non-hydrogen) atoms. The van der Waals surface area contributed by atoms with Crippen LogP contribution in [0.15, 0.2) is 0 Å². The van der Waals surface area contributed by atoms with E-state index in [1.54, 1.807) is 0 Å². The maximum atomic E-state index is 12.8. The van der Waals surface area contributed by atoms with E-state index in [-0.39, 0.29) is 31.1 Å². The van der Waals surface area contributed by atoms with Crippen LogP contribution in [0.4, 0.5) is 0 Å². The molecular weight excluding hydrogens is 745 g/mol. The largest absolute Gasteiger partial charge is 0.462 e. The van der Waals surface area contributed by atoms with E-state index in [1.807, 2.05) is 0 Å². The number of esters is 3. The highest BCUT2D eigenvalue weighted by Gasteiger charge is 2.19. The zero-order chi connectivity index (χ0) is 44.0. The molecule has 0 saturated carbocycles. The van der Waals surface area contributed by atoms with Crippen LogP contribution in [-0.4, -0.2) is 37.2 Å². The van der Waals surface area contributed by atoms with E-state index in [2.05, 4.69) is 34.6 Å². The lowest BCUT2D eigenvalue weighted by molar-refractivity contribution is -0.167. The van der Waals surface area contributed by atoms with Gasteiger partial charge in [-0.3, -0.25) is 14.4 Å². The molecule has 0 aliphatic carbocycles. The minimum atomic E-state index is -0.761. The highest BCUT2D eigenvalue weighted by Crippen LogP contribution is 2.18. The number of rotatable bonds is 48.